The molecule has 128 valence electrons. The van der Waals surface area contributed by atoms with Crippen molar-refractivity contribution in [2.45, 2.75) is 38.1 Å². The SMILES string of the molecule is CCc1cc(CNS(=O)(=O)c2ccc3c(c2)CCN3C(C)=O)on1. The van der Waals surface area contributed by atoms with Gasteiger partial charge in [-0.05, 0) is 36.6 Å². The van der Waals surface area contributed by atoms with Crippen molar-refractivity contribution in [1.82, 2.24) is 9.88 Å². The Morgan fingerprint density at radius 2 is 2.17 bits per heavy atom. The first-order valence-electron chi connectivity index (χ1n) is 7.76. The fourth-order valence-electron chi connectivity index (χ4n) is 2.73. The average molecular weight is 349 g/mol. The van der Waals surface area contributed by atoms with E-state index in [1.165, 1.54) is 13.0 Å². The van der Waals surface area contributed by atoms with Gasteiger partial charge < -0.3 is 9.42 Å². The van der Waals surface area contributed by atoms with E-state index in [0.717, 1.165) is 23.4 Å². The van der Waals surface area contributed by atoms with Crippen LogP contribution in [-0.4, -0.2) is 26.0 Å². The molecule has 1 aromatic carbocycles. The summed E-state index contributed by atoms with van der Waals surface area (Å²) in [7, 11) is -3.66. The maximum absolute atomic E-state index is 12.4. The quantitative estimate of drug-likeness (QED) is 0.885. The molecule has 0 aliphatic carbocycles. The molecule has 0 radical (unpaired) electrons. The number of carbonyl (C=O) groups is 1. The summed E-state index contributed by atoms with van der Waals surface area (Å²) in [4.78, 5) is 13.4. The van der Waals surface area contributed by atoms with Crippen LogP contribution in [0.15, 0.2) is 33.7 Å². The summed E-state index contributed by atoms with van der Waals surface area (Å²) in [5.41, 5.74) is 2.43. The number of nitrogens with zero attached hydrogens (tertiary/aromatic N) is 2. The van der Waals surface area contributed by atoms with Gasteiger partial charge in [-0.1, -0.05) is 12.1 Å². The van der Waals surface area contributed by atoms with Gasteiger partial charge in [-0.15, -0.1) is 0 Å². The predicted octanol–water partition coefficient (Wildman–Crippen LogP) is 1.62. The number of benzene rings is 1. The third-order valence-electron chi connectivity index (χ3n) is 4.04. The van der Waals surface area contributed by atoms with Crippen molar-refractivity contribution in [3.8, 4) is 0 Å². The number of carbonyl (C=O) groups excluding carboxylic acids is 1. The summed E-state index contributed by atoms with van der Waals surface area (Å²) in [5, 5.41) is 3.83. The molecule has 24 heavy (non-hydrogen) atoms. The molecule has 0 fully saturated rings. The van der Waals surface area contributed by atoms with Crippen molar-refractivity contribution >= 4 is 21.6 Å². The average Bonchev–Trinajstić information content (AvgIpc) is 3.18. The van der Waals surface area contributed by atoms with E-state index >= 15 is 0 Å². The van der Waals surface area contributed by atoms with E-state index in [0.29, 0.717) is 18.7 Å². The fourth-order valence-corrected chi connectivity index (χ4v) is 3.77. The van der Waals surface area contributed by atoms with Gasteiger partial charge in [0, 0.05) is 25.2 Å². The molecule has 0 unspecified atom stereocenters. The van der Waals surface area contributed by atoms with Gasteiger partial charge in [-0.2, -0.15) is 0 Å². The number of aryl methyl sites for hydroxylation is 1. The van der Waals surface area contributed by atoms with Crippen LogP contribution in [0, 0.1) is 0 Å². The Balaban J connectivity index is 1.77. The highest BCUT2D eigenvalue weighted by Gasteiger charge is 2.24. The number of hydrogen-bond acceptors (Lipinski definition) is 5. The first-order valence-corrected chi connectivity index (χ1v) is 9.24. The molecule has 3 rings (SSSR count). The first kappa shape index (κ1) is 16.7. The van der Waals surface area contributed by atoms with E-state index in [-0.39, 0.29) is 17.3 Å². The van der Waals surface area contributed by atoms with E-state index in [2.05, 4.69) is 9.88 Å². The highest BCUT2D eigenvalue weighted by atomic mass is 32.2. The number of aromatic nitrogens is 1. The number of rotatable bonds is 5. The van der Waals surface area contributed by atoms with Crippen LogP contribution < -0.4 is 9.62 Å². The zero-order chi connectivity index (χ0) is 17.3. The second-order valence-electron chi connectivity index (χ2n) is 5.67. The summed E-state index contributed by atoms with van der Waals surface area (Å²) < 4.78 is 32.5. The smallest absolute Gasteiger partial charge is 0.240 e. The van der Waals surface area contributed by atoms with Gasteiger partial charge in [-0.3, -0.25) is 4.79 Å². The van der Waals surface area contributed by atoms with Gasteiger partial charge in [0.05, 0.1) is 17.1 Å². The van der Waals surface area contributed by atoms with E-state index in [4.69, 9.17) is 4.52 Å². The lowest BCUT2D eigenvalue weighted by atomic mass is 10.2. The topological polar surface area (TPSA) is 92.5 Å². The minimum Gasteiger partial charge on any atom is -0.360 e. The van der Waals surface area contributed by atoms with E-state index in [1.54, 1.807) is 23.1 Å². The minimum absolute atomic E-state index is 0.0421. The Labute approximate surface area is 140 Å². The van der Waals surface area contributed by atoms with Crippen LogP contribution in [0.1, 0.15) is 30.9 Å². The maximum Gasteiger partial charge on any atom is 0.240 e. The molecule has 2 aromatic rings. The highest BCUT2D eigenvalue weighted by Crippen LogP contribution is 2.30. The van der Waals surface area contributed by atoms with Crippen molar-refractivity contribution in [2.75, 3.05) is 11.4 Å². The second kappa shape index (κ2) is 6.37. The fraction of sp³-hybridized carbons (Fsp3) is 0.375. The third kappa shape index (κ3) is 3.20. The molecular weight excluding hydrogens is 330 g/mol. The van der Waals surface area contributed by atoms with Gasteiger partial charge >= 0.3 is 0 Å². The standard InChI is InChI=1S/C16H19N3O4S/c1-3-13-9-14(23-18-13)10-17-24(21,22)15-4-5-16-12(8-15)6-7-19(16)11(2)20/h4-5,8-9,17H,3,6-7,10H2,1-2H3. The van der Waals surface area contributed by atoms with Crippen LogP contribution in [0.3, 0.4) is 0 Å². The number of anilines is 1. The second-order valence-corrected chi connectivity index (χ2v) is 7.44. The normalized spacial score (nSPS) is 14.0. The lowest BCUT2D eigenvalue weighted by Gasteiger charge is -2.15. The number of fused-ring (bicyclic) bond motifs is 1. The van der Waals surface area contributed by atoms with Crippen molar-refractivity contribution < 1.29 is 17.7 Å². The molecule has 2 heterocycles. The largest absolute Gasteiger partial charge is 0.360 e. The molecule has 1 N–H and O–H groups in total. The van der Waals surface area contributed by atoms with Crippen LogP contribution in [0.2, 0.25) is 0 Å². The summed E-state index contributed by atoms with van der Waals surface area (Å²) in [6.45, 7) is 4.08. The highest BCUT2D eigenvalue weighted by molar-refractivity contribution is 7.89. The van der Waals surface area contributed by atoms with Crippen LogP contribution in [0.4, 0.5) is 5.69 Å². The van der Waals surface area contributed by atoms with Gasteiger partial charge in [0.1, 0.15) is 0 Å². The summed E-state index contributed by atoms with van der Waals surface area (Å²) >= 11 is 0. The molecule has 0 saturated carbocycles. The first-order chi connectivity index (χ1) is 11.4. The molecule has 0 saturated heterocycles. The Hall–Kier alpha value is -2.19. The molecule has 1 aliphatic rings. The van der Waals surface area contributed by atoms with Crippen molar-refractivity contribution in [3.05, 3.63) is 41.3 Å². The molecule has 1 aromatic heterocycles. The maximum atomic E-state index is 12.4. The Morgan fingerprint density at radius 3 is 2.83 bits per heavy atom. The van der Waals surface area contributed by atoms with Gasteiger partial charge in [-0.25, -0.2) is 13.1 Å². The number of nitrogens with one attached hydrogen (secondary N) is 1. The van der Waals surface area contributed by atoms with Crippen molar-refractivity contribution in [2.24, 2.45) is 0 Å². The molecule has 1 aliphatic heterocycles. The van der Waals surface area contributed by atoms with Gasteiger partial charge in [0.25, 0.3) is 0 Å². The predicted molar refractivity (Wildman–Crippen MR) is 88.1 cm³/mol. The van der Waals surface area contributed by atoms with Crippen LogP contribution in [0.25, 0.3) is 0 Å². The Kier molecular flexibility index (Phi) is 4.42. The van der Waals surface area contributed by atoms with Crippen LogP contribution in [0.5, 0.6) is 0 Å². The summed E-state index contributed by atoms with van der Waals surface area (Å²) in [6, 6.07) is 6.55. The number of sulfonamides is 1. The van der Waals surface area contributed by atoms with Gasteiger partial charge in [0.15, 0.2) is 5.76 Å². The zero-order valence-electron chi connectivity index (χ0n) is 13.6. The third-order valence-corrected chi connectivity index (χ3v) is 5.44. The Morgan fingerprint density at radius 1 is 1.38 bits per heavy atom. The number of hydrogen-bond donors (Lipinski definition) is 1. The molecule has 1 amide bonds. The molecule has 0 atom stereocenters. The summed E-state index contributed by atoms with van der Waals surface area (Å²) in [5.74, 6) is 0.430. The Bertz CT molecular complexity index is 873. The number of amides is 1. The van der Waals surface area contributed by atoms with Crippen LogP contribution >= 0.6 is 0 Å². The summed E-state index contributed by atoms with van der Waals surface area (Å²) in [6.07, 6.45) is 1.38. The van der Waals surface area contributed by atoms with Gasteiger partial charge in [0.2, 0.25) is 15.9 Å². The molecular formula is C16H19N3O4S. The van der Waals surface area contributed by atoms with Crippen molar-refractivity contribution in [1.29, 1.82) is 0 Å². The van der Waals surface area contributed by atoms with Crippen LogP contribution in [-0.2, 0) is 34.2 Å². The molecule has 0 spiro atoms. The van der Waals surface area contributed by atoms with E-state index < -0.39 is 10.0 Å². The lowest BCUT2D eigenvalue weighted by Crippen LogP contribution is -2.26. The minimum atomic E-state index is -3.66. The van der Waals surface area contributed by atoms with E-state index in [1.807, 2.05) is 6.92 Å². The van der Waals surface area contributed by atoms with E-state index in [9.17, 15) is 13.2 Å². The van der Waals surface area contributed by atoms with Crippen molar-refractivity contribution in [3.63, 3.8) is 0 Å². The lowest BCUT2D eigenvalue weighted by molar-refractivity contribution is -0.116. The molecule has 7 nitrogen and oxygen atoms in total. The zero-order valence-corrected chi connectivity index (χ0v) is 14.4. The monoisotopic (exact) mass is 349 g/mol. The molecule has 8 heteroatoms. The molecule has 0 bridgehead atoms.